The quantitative estimate of drug-likeness (QED) is 0.878. The fourth-order valence-electron chi connectivity index (χ4n) is 3.89. The molecule has 2 atom stereocenters. The number of carbonyl (C=O) groups excluding carboxylic acids is 2. The van der Waals surface area contributed by atoms with Crippen LogP contribution in [0.3, 0.4) is 0 Å². The second-order valence-electron chi connectivity index (χ2n) is 8.89. The highest BCUT2D eigenvalue weighted by Crippen LogP contribution is 2.36. The molecular weight excluding hydrogens is 328 g/mol. The van der Waals surface area contributed by atoms with E-state index in [0.29, 0.717) is 12.6 Å². The molecular formula is C20H32N4O2. The molecule has 2 aliphatic carbocycles. The molecule has 2 aliphatic rings. The number of nitrogens with zero attached hydrogens (tertiary/aromatic N) is 3. The van der Waals surface area contributed by atoms with Gasteiger partial charge in [-0.2, -0.15) is 0 Å². The highest BCUT2D eigenvalue weighted by atomic mass is 16.2. The summed E-state index contributed by atoms with van der Waals surface area (Å²) in [7, 11) is 1.96. The predicted molar refractivity (Wildman–Crippen MR) is 100 cm³/mol. The van der Waals surface area contributed by atoms with E-state index in [9.17, 15) is 9.59 Å². The third kappa shape index (κ3) is 4.46. The van der Waals surface area contributed by atoms with Crippen molar-refractivity contribution in [3.05, 3.63) is 18.2 Å². The number of imidazole rings is 1. The molecule has 0 unspecified atom stereocenters. The number of amides is 2. The molecule has 0 aliphatic heterocycles. The summed E-state index contributed by atoms with van der Waals surface area (Å²) in [6.07, 6.45) is 9.45. The standard InChI is InChI=1S/C20H32N4O2/c1-20(2,3)22-18(25)15-7-5-6-8-16(15)19(26)24(14-9-10-14)13-17-21-11-12-23(17)4/h11-12,14-16H,5-10,13H2,1-4H3,(H,22,25)/t15-,16+/m0/s1. The van der Waals surface area contributed by atoms with Crippen LogP contribution in [0.5, 0.6) is 0 Å². The van der Waals surface area contributed by atoms with Crippen LogP contribution in [-0.4, -0.2) is 37.8 Å². The summed E-state index contributed by atoms with van der Waals surface area (Å²) in [6.45, 7) is 6.50. The molecule has 0 aromatic carbocycles. The lowest BCUT2D eigenvalue weighted by molar-refractivity contribution is -0.145. The van der Waals surface area contributed by atoms with Crippen molar-refractivity contribution in [3.63, 3.8) is 0 Å². The minimum Gasteiger partial charge on any atom is -0.351 e. The SMILES string of the molecule is Cn1ccnc1CN(C(=O)[C@@H]1CCCC[C@@H]1C(=O)NC(C)(C)C)C1CC1. The molecule has 1 aromatic rings. The van der Waals surface area contributed by atoms with Crippen molar-refractivity contribution in [3.8, 4) is 0 Å². The van der Waals surface area contributed by atoms with E-state index in [2.05, 4.69) is 10.3 Å². The number of aryl methyl sites for hydroxylation is 1. The van der Waals surface area contributed by atoms with Crippen LogP contribution in [0, 0.1) is 11.8 Å². The van der Waals surface area contributed by atoms with Gasteiger partial charge in [-0.15, -0.1) is 0 Å². The van der Waals surface area contributed by atoms with E-state index >= 15 is 0 Å². The second-order valence-corrected chi connectivity index (χ2v) is 8.89. The maximum atomic E-state index is 13.4. The Morgan fingerprint density at radius 1 is 1.19 bits per heavy atom. The maximum Gasteiger partial charge on any atom is 0.227 e. The van der Waals surface area contributed by atoms with Gasteiger partial charge in [-0.25, -0.2) is 4.98 Å². The normalized spacial score (nSPS) is 23.5. The predicted octanol–water partition coefficient (Wildman–Crippen LogP) is 2.63. The Hall–Kier alpha value is -1.85. The van der Waals surface area contributed by atoms with Gasteiger partial charge in [-0.05, 0) is 46.5 Å². The average molecular weight is 361 g/mol. The highest BCUT2D eigenvalue weighted by molar-refractivity contribution is 5.88. The van der Waals surface area contributed by atoms with Gasteiger partial charge in [0.05, 0.1) is 6.54 Å². The molecule has 0 spiro atoms. The Morgan fingerprint density at radius 3 is 2.38 bits per heavy atom. The topological polar surface area (TPSA) is 67.2 Å². The van der Waals surface area contributed by atoms with Crippen molar-refractivity contribution < 1.29 is 9.59 Å². The van der Waals surface area contributed by atoms with E-state index in [1.807, 2.05) is 43.5 Å². The van der Waals surface area contributed by atoms with Crippen LogP contribution in [-0.2, 0) is 23.2 Å². The van der Waals surface area contributed by atoms with Crippen LogP contribution < -0.4 is 5.32 Å². The Morgan fingerprint density at radius 2 is 1.85 bits per heavy atom. The van der Waals surface area contributed by atoms with Gasteiger partial charge in [0.1, 0.15) is 5.82 Å². The first-order valence-corrected chi connectivity index (χ1v) is 9.85. The Bertz CT molecular complexity index is 657. The molecule has 2 saturated carbocycles. The lowest BCUT2D eigenvalue weighted by atomic mass is 9.77. The van der Waals surface area contributed by atoms with Crippen LogP contribution in [0.1, 0.15) is 65.1 Å². The van der Waals surface area contributed by atoms with Crippen LogP contribution in [0.25, 0.3) is 0 Å². The summed E-state index contributed by atoms with van der Waals surface area (Å²) >= 11 is 0. The van der Waals surface area contributed by atoms with E-state index in [1.165, 1.54) is 0 Å². The lowest BCUT2D eigenvalue weighted by Gasteiger charge is -2.35. The number of aromatic nitrogens is 2. The molecule has 144 valence electrons. The molecule has 0 saturated heterocycles. The van der Waals surface area contributed by atoms with E-state index in [1.54, 1.807) is 6.20 Å². The number of hydrogen-bond acceptors (Lipinski definition) is 3. The van der Waals surface area contributed by atoms with Gasteiger partial charge in [-0.1, -0.05) is 12.8 Å². The summed E-state index contributed by atoms with van der Waals surface area (Å²) in [6, 6.07) is 0.312. The first-order chi connectivity index (χ1) is 12.3. The summed E-state index contributed by atoms with van der Waals surface area (Å²) in [5, 5.41) is 3.09. The van der Waals surface area contributed by atoms with Crippen LogP contribution >= 0.6 is 0 Å². The molecule has 3 rings (SSSR count). The van der Waals surface area contributed by atoms with Crippen molar-refractivity contribution in [2.45, 2.75) is 77.4 Å². The van der Waals surface area contributed by atoms with Gasteiger partial charge in [0, 0.05) is 42.9 Å². The first-order valence-electron chi connectivity index (χ1n) is 9.85. The van der Waals surface area contributed by atoms with Crippen molar-refractivity contribution >= 4 is 11.8 Å². The van der Waals surface area contributed by atoms with Gasteiger partial charge in [0.25, 0.3) is 0 Å². The van der Waals surface area contributed by atoms with Crippen LogP contribution in [0.4, 0.5) is 0 Å². The van der Waals surface area contributed by atoms with Crippen molar-refractivity contribution in [1.29, 1.82) is 0 Å². The zero-order valence-corrected chi connectivity index (χ0v) is 16.5. The monoisotopic (exact) mass is 360 g/mol. The van der Waals surface area contributed by atoms with E-state index < -0.39 is 0 Å². The van der Waals surface area contributed by atoms with E-state index in [-0.39, 0.29) is 29.2 Å². The Labute approximate surface area is 156 Å². The fraction of sp³-hybridized carbons (Fsp3) is 0.750. The summed E-state index contributed by atoms with van der Waals surface area (Å²) < 4.78 is 1.97. The second kappa shape index (κ2) is 7.41. The largest absolute Gasteiger partial charge is 0.351 e. The maximum absolute atomic E-state index is 13.4. The fourth-order valence-corrected chi connectivity index (χ4v) is 3.89. The molecule has 6 nitrogen and oxygen atoms in total. The number of hydrogen-bond donors (Lipinski definition) is 1. The van der Waals surface area contributed by atoms with E-state index in [0.717, 1.165) is 44.3 Å². The average Bonchev–Trinajstić information content (AvgIpc) is 3.33. The molecule has 1 aromatic heterocycles. The van der Waals surface area contributed by atoms with Crippen molar-refractivity contribution in [2.24, 2.45) is 18.9 Å². The van der Waals surface area contributed by atoms with Gasteiger partial charge >= 0.3 is 0 Å². The third-order valence-electron chi connectivity index (χ3n) is 5.42. The smallest absolute Gasteiger partial charge is 0.227 e. The van der Waals surface area contributed by atoms with Crippen LogP contribution in [0.15, 0.2) is 12.4 Å². The number of nitrogens with one attached hydrogen (secondary N) is 1. The van der Waals surface area contributed by atoms with Gasteiger partial charge in [-0.3, -0.25) is 9.59 Å². The van der Waals surface area contributed by atoms with Crippen LogP contribution in [0.2, 0.25) is 0 Å². The molecule has 26 heavy (non-hydrogen) atoms. The molecule has 2 fully saturated rings. The molecule has 0 radical (unpaired) electrons. The first kappa shape index (κ1) is 18.9. The van der Waals surface area contributed by atoms with Crippen molar-refractivity contribution in [1.82, 2.24) is 19.8 Å². The highest BCUT2D eigenvalue weighted by Gasteiger charge is 2.42. The Balaban J connectivity index is 1.75. The minimum absolute atomic E-state index is 0.0308. The summed E-state index contributed by atoms with van der Waals surface area (Å²) in [5.41, 5.74) is -0.273. The number of rotatable bonds is 5. The summed E-state index contributed by atoms with van der Waals surface area (Å²) in [5.74, 6) is 0.661. The minimum atomic E-state index is -0.273. The molecule has 1 N–H and O–H groups in total. The number of carbonyl (C=O) groups is 2. The Kier molecular flexibility index (Phi) is 5.39. The zero-order valence-electron chi connectivity index (χ0n) is 16.5. The molecule has 1 heterocycles. The lowest BCUT2D eigenvalue weighted by Crippen LogP contribution is -2.50. The molecule has 2 amide bonds. The summed E-state index contributed by atoms with van der Waals surface area (Å²) in [4.78, 5) is 32.6. The van der Waals surface area contributed by atoms with Gasteiger partial charge in [0.15, 0.2) is 0 Å². The molecule has 6 heteroatoms. The van der Waals surface area contributed by atoms with Gasteiger partial charge in [0.2, 0.25) is 11.8 Å². The van der Waals surface area contributed by atoms with Crippen molar-refractivity contribution in [2.75, 3.05) is 0 Å². The van der Waals surface area contributed by atoms with Gasteiger partial charge < -0.3 is 14.8 Å². The zero-order chi connectivity index (χ0) is 18.9. The molecule has 0 bridgehead atoms. The van der Waals surface area contributed by atoms with E-state index in [4.69, 9.17) is 0 Å². The third-order valence-corrected chi connectivity index (χ3v) is 5.42.